The molecule has 3 heterocycles. The highest BCUT2D eigenvalue weighted by atomic mass is 16.5. The van der Waals surface area contributed by atoms with Crippen LogP contribution in [0.1, 0.15) is 55.9 Å². The van der Waals surface area contributed by atoms with Crippen molar-refractivity contribution in [2.45, 2.75) is 45.4 Å². The van der Waals surface area contributed by atoms with Crippen molar-refractivity contribution in [3.63, 3.8) is 0 Å². The number of piperidine rings is 2. The van der Waals surface area contributed by atoms with E-state index in [9.17, 15) is 4.79 Å². The quantitative estimate of drug-likeness (QED) is 0.682. The number of hydrogen-bond acceptors (Lipinski definition) is 4. The van der Waals surface area contributed by atoms with Gasteiger partial charge in [0.1, 0.15) is 17.0 Å². The van der Waals surface area contributed by atoms with Gasteiger partial charge in [-0.25, -0.2) is 4.98 Å². The molecule has 2 fully saturated rings. The van der Waals surface area contributed by atoms with Gasteiger partial charge < -0.3 is 14.5 Å². The Balaban J connectivity index is 1.41. The molecule has 1 aromatic heterocycles. The van der Waals surface area contributed by atoms with Crippen LogP contribution in [0.15, 0.2) is 30.3 Å². The molecule has 2 aliphatic heterocycles. The highest BCUT2D eigenvalue weighted by Gasteiger charge is 2.22. The lowest BCUT2D eigenvalue weighted by atomic mass is 9.99. The molecule has 0 unspecified atom stereocenters. The molecule has 0 atom stereocenters. The van der Waals surface area contributed by atoms with Gasteiger partial charge in [-0.2, -0.15) is 0 Å². The molecule has 0 N–H and O–H groups in total. The number of nitrogens with zero attached hydrogens (tertiary/aromatic N) is 3. The molecular weight excluding hydrogens is 362 g/mol. The minimum absolute atomic E-state index is 0.0405. The van der Waals surface area contributed by atoms with Crippen LogP contribution in [-0.2, 0) is 0 Å². The smallest absolute Gasteiger partial charge is 0.272 e. The van der Waals surface area contributed by atoms with Gasteiger partial charge in [-0.1, -0.05) is 31.5 Å². The second-order valence-electron chi connectivity index (χ2n) is 8.60. The zero-order chi connectivity index (χ0) is 20.1. The number of carbonyl (C=O) groups excluding carboxylic acids is 1. The zero-order valence-corrected chi connectivity index (χ0v) is 17.6. The van der Waals surface area contributed by atoms with E-state index in [1.807, 2.05) is 35.2 Å². The highest BCUT2D eigenvalue weighted by molar-refractivity contribution is 5.96. The molecule has 0 bridgehead atoms. The Morgan fingerprint density at radius 3 is 2.66 bits per heavy atom. The zero-order valence-electron chi connectivity index (χ0n) is 17.6. The van der Waals surface area contributed by atoms with Gasteiger partial charge in [-0.05, 0) is 63.2 Å². The monoisotopic (exact) mass is 395 g/mol. The first-order valence-electron chi connectivity index (χ1n) is 11.2. The van der Waals surface area contributed by atoms with E-state index in [4.69, 9.17) is 9.72 Å². The Hall–Kier alpha value is -2.14. The fourth-order valence-electron chi connectivity index (χ4n) is 4.38. The third-order valence-corrected chi connectivity index (χ3v) is 6.30. The van der Waals surface area contributed by atoms with E-state index < -0.39 is 0 Å². The number of hydrogen-bond donors (Lipinski definition) is 0. The Labute approximate surface area is 174 Å². The highest BCUT2D eigenvalue weighted by Crippen LogP contribution is 2.25. The van der Waals surface area contributed by atoms with Gasteiger partial charge in [0, 0.05) is 25.0 Å². The van der Waals surface area contributed by atoms with Crippen molar-refractivity contribution in [3.8, 4) is 5.75 Å². The van der Waals surface area contributed by atoms with E-state index in [-0.39, 0.29) is 5.91 Å². The molecule has 2 saturated heterocycles. The number of pyridine rings is 1. The average Bonchev–Trinajstić information content (AvgIpc) is 2.77. The molecule has 156 valence electrons. The van der Waals surface area contributed by atoms with Crippen molar-refractivity contribution in [2.75, 3.05) is 39.3 Å². The van der Waals surface area contributed by atoms with Crippen molar-refractivity contribution < 1.29 is 9.53 Å². The lowest BCUT2D eigenvalue weighted by Crippen LogP contribution is -2.38. The molecule has 1 aromatic carbocycles. The summed E-state index contributed by atoms with van der Waals surface area (Å²) in [5, 5.41) is 1.02. The number of likely N-dealkylation sites (tertiary alicyclic amines) is 2. The second-order valence-corrected chi connectivity index (χ2v) is 8.60. The number of amides is 1. The molecule has 2 aliphatic rings. The number of aromatic nitrogens is 1. The molecule has 4 rings (SSSR count). The van der Waals surface area contributed by atoms with Crippen molar-refractivity contribution in [1.82, 2.24) is 14.8 Å². The van der Waals surface area contributed by atoms with E-state index in [0.717, 1.165) is 55.5 Å². The summed E-state index contributed by atoms with van der Waals surface area (Å²) in [5.74, 6) is 1.52. The number of fused-ring (bicyclic) bond motifs is 1. The van der Waals surface area contributed by atoms with E-state index >= 15 is 0 Å². The van der Waals surface area contributed by atoms with Gasteiger partial charge in [0.15, 0.2) is 0 Å². The van der Waals surface area contributed by atoms with Crippen molar-refractivity contribution in [3.05, 3.63) is 36.0 Å². The summed E-state index contributed by atoms with van der Waals surface area (Å²) in [6, 6.07) is 9.83. The summed E-state index contributed by atoms with van der Waals surface area (Å²) < 4.78 is 6.09. The van der Waals surface area contributed by atoms with Crippen LogP contribution in [0.4, 0.5) is 0 Å². The van der Waals surface area contributed by atoms with Crippen LogP contribution >= 0.6 is 0 Å². The summed E-state index contributed by atoms with van der Waals surface area (Å²) >= 11 is 0. The first-order chi connectivity index (χ1) is 14.2. The number of rotatable bonds is 6. The van der Waals surface area contributed by atoms with Crippen LogP contribution in [0.5, 0.6) is 5.75 Å². The molecule has 0 radical (unpaired) electrons. The third-order valence-electron chi connectivity index (χ3n) is 6.30. The van der Waals surface area contributed by atoms with E-state index in [1.165, 1.54) is 32.4 Å². The SMILES string of the molecule is CC1CCN(C(=O)c2ccc3cccc(OCCCN4CCCCC4)c3n2)CC1. The maximum absolute atomic E-state index is 12.9. The van der Waals surface area contributed by atoms with Crippen LogP contribution in [-0.4, -0.2) is 60.0 Å². The normalized spacial score (nSPS) is 18.9. The molecular formula is C24H33N3O2. The minimum Gasteiger partial charge on any atom is -0.491 e. The fraction of sp³-hybridized carbons (Fsp3) is 0.583. The van der Waals surface area contributed by atoms with Crippen LogP contribution in [0.2, 0.25) is 0 Å². The number of para-hydroxylation sites is 1. The molecule has 0 aliphatic carbocycles. The topological polar surface area (TPSA) is 45.7 Å². The number of ether oxygens (including phenoxy) is 1. The standard InChI is InChI=1S/C24H33N3O2/c1-19-11-16-27(17-12-19)24(28)21-10-9-20-7-5-8-22(23(20)25-21)29-18-6-15-26-13-3-2-4-14-26/h5,7-10,19H,2-4,6,11-18H2,1H3. The fourth-order valence-corrected chi connectivity index (χ4v) is 4.38. The van der Waals surface area contributed by atoms with E-state index in [2.05, 4.69) is 11.8 Å². The summed E-state index contributed by atoms with van der Waals surface area (Å²) in [5.41, 5.74) is 1.32. The molecule has 5 nitrogen and oxygen atoms in total. The van der Waals surface area contributed by atoms with Gasteiger partial charge >= 0.3 is 0 Å². The van der Waals surface area contributed by atoms with Crippen LogP contribution in [0, 0.1) is 5.92 Å². The van der Waals surface area contributed by atoms with Gasteiger partial charge in [-0.3, -0.25) is 4.79 Å². The minimum atomic E-state index is 0.0405. The van der Waals surface area contributed by atoms with Gasteiger partial charge in [-0.15, -0.1) is 0 Å². The lowest BCUT2D eigenvalue weighted by molar-refractivity contribution is 0.0691. The van der Waals surface area contributed by atoms with E-state index in [0.29, 0.717) is 18.2 Å². The lowest BCUT2D eigenvalue weighted by Gasteiger charge is -2.30. The molecule has 0 spiro atoms. The number of carbonyl (C=O) groups is 1. The average molecular weight is 396 g/mol. The van der Waals surface area contributed by atoms with Crippen LogP contribution in [0.3, 0.4) is 0 Å². The maximum Gasteiger partial charge on any atom is 0.272 e. The Morgan fingerprint density at radius 1 is 1.07 bits per heavy atom. The van der Waals surface area contributed by atoms with Crippen molar-refractivity contribution >= 4 is 16.8 Å². The summed E-state index contributed by atoms with van der Waals surface area (Å²) in [6.45, 7) is 8.12. The molecule has 0 saturated carbocycles. The van der Waals surface area contributed by atoms with E-state index in [1.54, 1.807) is 0 Å². The van der Waals surface area contributed by atoms with Crippen LogP contribution in [0.25, 0.3) is 10.9 Å². The summed E-state index contributed by atoms with van der Waals surface area (Å²) in [6.07, 6.45) is 7.17. The molecule has 5 heteroatoms. The Kier molecular flexibility index (Phi) is 6.65. The van der Waals surface area contributed by atoms with Gasteiger partial charge in [0.05, 0.1) is 6.61 Å². The summed E-state index contributed by atoms with van der Waals surface area (Å²) in [7, 11) is 0. The molecule has 29 heavy (non-hydrogen) atoms. The second kappa shape index (κ2) is 9.57. The van der Waals surface area contributed by atoms with Gasteiger partial charge in [0.25, 0.3) is 5.91 Å². The maximum atomic E-state index is 12.9. The Morgan fingerprint density at radius 2 is 1.86 bits per heavy atom. The Bertz CT molecular complexity index is 824. The van der Waals surface area contributed by atoms with Crippen LogP contribution < -0.4 is 4.74 Å². The molecule has 2 aromatic rings. The van der Waals surface area contributed by atoms with Gasteiger partial charge in [0.2, 0.25) is 0 Å². The van der Waals surface area contributed by atoms with Crippen molar-refractivity contribution in [2.24, 2.45) is 5.92 Å². The third kappa shape index (κ3) is 5.08. The number of benzene rings is 1. The predicted octanol–water partition coefficient (Wildman–Crippen LogP) is 4.36. The predicted molar refractivity (Wildman–Crippen MR) is 116 cm³/mol. The van der Waals surface area contributed by atoms with Crippen molar-refractivity contribution in [1.29, 1.82) is 0 Å². The first-order valence-corrected chi connectivity index (χ1v) is 11.2. The first kappa shape index (κ1) is 20.1. The molecule has 1 amide bonds. The summed E-state index contributed by atoms with van der Waals surface area (Å²) in [4.78, 5) is 22.1. The largest absolute Gasteiger partial charge is 0.491 e.